The maximum Gasteiger partial charge on any atom is 0.153 e. The molecule has 2 aromatic rings. The van der Waals surface area contributed by atoms with Crippen LogP contribution in [0.5, 0.6) is 0 Å². The van der Waals surface area contributed by atoms with Crippen molar-refractivity contribution in [2.45, 2.75) is 13.8 Å². The molecular formula is C9H9BrN4. The Balaban J connectivity index is 2.62. The van der Waals surface area contributed by atoms with Gasteiger partial charge in [0.15, 0.2) is 5.82 Å². The van der Waals surface area contributed by atoms with Gasteiger partial charge in [0.25, 0.3) is 0 Å². The zero-order valence-electron chi connectivity index (χ0n) is 7.90. The molecule has 0 radical (unpaired) electrons. The highest BCUT2D eigenvalue weighted by molar-refractivity contribution is 9.10. The van der Waals surface area contributed by atoms with E-state index in [1.165, 1.54) is 5.56 Å². The number of aryl methyl sites for hydroxylation is 2. The molecule has 0 saturated heterocycles. The molecule has 2 rings (SSSR count). The molecule has 0 atom stereocenters. The van der Waals surface area contributed by atoms with Gasteiger partial charge in [-0.2, -0.15) is 4.68 Å². The van der Waals surface area contributed by atoms with Crippen molar-refractivity contribution < 1.29 is 0 Å². The van der Waals surface area contributed by atoms with Crippen LogP contribution in [0.2, 0.25) is 0 Å². The molecule has 0 spiro atoms. The highest BCUT2D eigenvalue weighted by Crippen LogP contribution is 2.21. The van der Waals surface area contributed by atoms with Crippen LogP contribution in [-0.4, -0.2) is 20.2 Å². The second-order valence-corrected chi connectivity index (χ2v) is 3.95. The van der Waals surface area contributed by atoms with Gasteiger partial charge in [0.2, 0.25) is 0 Å². The van der Waals surface area contributed by atoms with Gasteiger partial charge in [0.1, 0.15) is 0 Å². The summed E-state index contributed by atoms with van der Waals surface area (Å²) in [5, 5.41) is 11.4. The molecule has 0 aliphatic heterocycles. The van der Waals surface area contributed by atoms with Crippen molar-refractivity contribution >= 4 is 15.9 Å². The van der Waals surface area contributed by atoms with E-state index in [1.54, 1.807) is 4.68 Å². The Morgan fingerprint density at radius 2 is 2.07 bits per heavy atom. The fraction of sp³-hybridized carbons (Fsp3) is 0.222. The van der Waals surface area contributed by atoms with E-state index in [0.717, 1.165) is 16.0 Å². The topological polar surface area (TPSA) is 43.6 Å². The molecule has 0 aliphatic carbocycles. The lowest BCUT2D eigenvalue weighted by atomic mass is 10.2. The maximum atomic E-state index is 3.91. The smallest absolute Gasteiger partial charge is 0.153 e. The number of aromatic nitrogens is 4. The average molecular weight is 253 g/mol. The molecule has 1 heterocycles. The highest BCUT2D eigenvalue weighted by Gasteiger charge is 2.07. The van der Waals surface area contributed by atoms with E-state index in [4.69, 9.17) is 0 Å². The summed E-state index contributed by atoms with van der Waals surface area (Å²) in [6, 6.07) is 6.06. The molecule has 0 saturated carbocycles. The first-order valence-electron chi connectivity index (χ1n) is 4.20. The average Bonchev–Trinajstić information content (AvgIpc) is 2.56. The molecule has 1 aromatic carbocycles. The molecule has 0 aliphatic rings. The largest absolute Gasteiger partial charge is 0.197 e. The minimum Gasteiger partial charge on any atom is -0.197 e. The van der Waals surface area contributed by atoms with Crippen molar-refractivity contribution in [1.82, 2.24) is 20.2 Å². The summed E-state index contributed by atoms with van der Waals surface area (Å²) < 4.78 is 2.69. The van der Waals surface area contributed by atoms with E-state index in [0.29, 0.717) is 0 Å². The fourth-order valence-electron chi connectivity index (χ4n) is 1.24. The molecular weight excluding hydrogens is 244 g/mol. The zero-order chi connectivity index (χ0) is 10.1. The van der Waals surface area contributed by atoms with E-state index in [-0.39, 0.29) is 0 Å². The fourth-order valence-corrected chi connectivity index (χ4v) is 1.65. The summed E-state index contributed by atoms with van der Waals surface area (Å²) in [4.78, 5) is 0. The van der Waals surface area contributed by atoms with Gasteiger partial charge in [-0.25, -0.2) is 0 Å². The molecule has 0 N–H and O–H groups in total. The summed E-state index contributed by atoms with van der Waals surface area (Å²) in [6.07, 6.45) is 0. The van der Waals surface area contributed by atoms with Crippen LogP contribution in [0, 0.1) is 13.8 Å². The van der Waals surface area contributed by atoms with Crippen LogP contribution >= 0.6 is 15.9 Å². The van der Waals surface area contributed by atoms with Crippen LogP contribution in [0.4, 0.5) is 0 Å². The van der Waals surface area contributed by atoms with Crippen molar-refractivity contribution in [3.63, 3.8) is 0 Å². The Labute approximate surface area is 90.1 Å². The van der Waals surface area contributed by atoms with Gasteiger partial charge in [-0.15, -0.1) is 5.10 Å². The number of hydrogen-bond donors (Lipinski definition) is 0. The van der Waals surface area contributed by atoms with E-state index in [1.807, 2.05) is 32.0 Å². The van der Waals surface area contributed by atoms with Crippen molar-refractivity contribution in [3.8, 4) is 5.69 Å². The van der Waals surface area contributed by atoms with Crippen molar-refractivity contribution in [3.05, 3.63) is 34.1 Å². The Morgan fingerprint density at radius 1 is 1.29 bits per heavy atom. The first-order chi connectivity index (χ1) is 6.68. The van der Waals surface area contributed by atoms with Crippen LogP contribution in [0.3, 0.4) is 0 Å². The molecule has 0 bridgehead atoms. The molecule has 1 aromatic heterocycles. The monoisotopic (exact) mass is 252 g/mol. The Hall–Kier alpha value is -1.23. The molecule has 0 amide bonds. The van der Waals surface area contributed by atoms with Crippen LogP contribution in [-0.2, 0) is 0 Å². The predicted molar refractivity (Wildman–Crippen MR) is 56.3 cm³/mol. The maximum absolute atomic E-state index is 3.91. The Morgan fingerprint density at radius 3 is 2.71 bits per heavy atom. The summed E-state index contributed by atoms with van der Waals surface area (Å²) in [7, 11) is 0. The van der Waals surface area contributed by atoms with Crippen molar-refractivity contribution in [1.29, 1.82) is 0 Å². The quantitative estimate of drug-likeness (QED) is 0.781. The molecule has 5 heteroatoms. The number of hydrogen-bond acceptors (Lipinski definition) is 3. The number of tetrazole rings is 1. The van der Waals surface area contributed by atoms with E-state index < -0.39 is 0 Å². The minimum absolute atomic E-state index is 0.774. The Kier molecular flexibility index (Phi) is 2.33. The van der Waals surface area contributed by atoms with Gasteiger partial charge in [-0.1, -0.05) is 6.07 Å². The summed E-state index contributed by atoms with van der Waals surface area (Å²) in [5.74, 6) is 0.774. The Bertz CT molecular complexity index is 464. The van der Waals surface area contributed by atoms with Gasteiger partial charge in [0, 0.05) is 4.47 Å². The lowest BCUT2D eigenvalue weighted by Gasteiger charge is -2.05. The van der Waals surface area contributed by atoms with Gasteiger partial charge in [-0.05, 0) is 57.9 Å². The molecule has 0 fully saturated rings. The first-order valence-corrected chi connectivity index (χ1v) is 4.99. The number of rotatable bonds is 1. The third-order valence-corrected chi connectivity index (χ3v) is 2.63. The number of halogens is 1. The molecule has 4 nitrogen and oxygen atoms in total. The number of nitrogens with zero attached hydrogens (tertiary/aromatic N) is 4. The van der Waals surface area contributed by atoms with Gasteiger partial charge < -0.3 is 0 Å². The van der Waals surface area contributed by atoms with Crippen molar-refractivity contribution in [2.24, 2.45) is 0 Å². The molecule has 14 heavy (non-hydrogen) atoms. The number of benzene rings is 1. The van der Waals surface area contributed by atoms with Crippen molar-refractivity contribution in [2.75, 3.05) is 0 Å². The molecule has 0 unspecified atom stereocenters. The predicted octanol–water partition coefficient (Wildman–Crippen LogP) is 2.04. The second-order valence-electron chi connectivity index (χ2n) is 3.09. The summed E-state index contributed by atoms with van der Waals surface area (Å²) >= 11 is 3.47. The lowest BCUT2D eigenvalue weighted by Crippen LogP contribution is -2.00. The van der Waals surface area contributed by atoms with Gasteiger partial charge >= 0.3 is 0 Å². The SMILES string of the molecule is Cc1ccc(Br)c(-n2nnnc2C)c1. The van der Waals surface area contributed by atoms with E-state index in [9.17, 15) is 0 Å². The van der Waals surface area contributed by atoms with Gasteiger partial charge in [0.05, 0.1) is 5.69 Å². The summed E-state index contributed by atoms with van der Waals surface area (Å²) in [5.41, 5.74) is 2.14. The third kappa shape index (κ3) is 1.55. The molecule has 72 valence electrons. The van der Waals surface area contributed by atoms with Crippen LogP contribution in [0.25, 0.3) is 5.69 Å². The third-order valence-electron chi connectivity index (χ3n) is 1.96. The minimum atomic E-state index is 0.774. The highest BCUT2D eigenvalue weighted by atomic mass is 79.9. The normalized spacial score (nSPS) is 10.5. The van der Waals surface area contributed by atoms with Crippen LogP contribution < -0.4 is 0 Å². The van der Waals surface area contributed by atoms with Crippen LogP contribution in [0.1, 0.15) is 11.4 Å². The lowest BCUT2D eigenvalue weighted by molar-refractivity contribution is 0.776. The van der Waals surface area contributed by atoms with E-state index in [2.05, 4.69) is 31.5 Å². The summed E-state index contributed by atoms with van der Waals surface area (Å²) in [6.45, 7) is 3.91. The zero-order valence-corrected chi connectivity index (χ0v) is 9.48. The second kappa shape index (κ2) is 3.49. The van der Waals surface area contributed by atoms with Gasteiger partial charge in [-0.3, -0.25) is 0 Å². The standard InChI is InChI=1S/C9H9BrN4/c1-6-3-4-8(10)9(5-6)14-7(2)11-12-13-14/h3-5H,1-2H3. The van der Waals surface area contributed by atoms with Crippen LogP contribution in [0.15, 0.2) is 22.7 Å². The first kappa shape index (κ1) is 9.33. The van der Waals surface area contributed by atoms with E-state index >= 15 is 0 Å².